The summed E-state index contributed by atoms with van der Waals surface area (Å²) in [6, 6.07) is 9.95. The molecule has 3 saturated carbocycles. The Labute approximate surface area is 359 Å². The molecule has 16 heteroatoms. The normalized spacial score (nSPS) is 21.3. The number of hydrogen-bond donors (Lipinski definition) is 3. The van der Waals surface area contributed by atoms with Gasteiger partial charge in [-0.1, -0.05) is 6.07 Å². The van der Waals surface area contributed by atoms with E-state index < -0.39 is 29.7 Å². The Morgan fingerprint density at radius 1 is 0.919 bits per heavy atom. The average molecular weight is 847 g/mol. The highest BCUT2D eigenvalue weighted by molar-refractivity contribution is 6.25. The minimum Gasteiger partial charge on any atom is -0.496 e. The number of fused-ring (bicyclic) bond motifs is 2. The van der Waals surface area contributed by atoms with E-state index in [1.54, 1.807) is 50.2 Å². The smallest absolute Gasteiger partial charge is 0.264 e. The van der Waals surface area contributed by atoms with Crippen molar-refractivity contribution in [1.29, 1.82) is 0 Å². The van der Waals surface area contributed by atoms with Crippen molar-refractivity contribution in [2.75, 3.05) is 65.2 Å². The van der Waals surface area contributed by atoms with Crippen molar-refractivity contribution in [3.05, 3.63) is 75.8 Å². The zero-order valence-electron chi connectivity index (χ0n) is 36.2. The van der Waals surface area contributed by atoms with Gasteiger partial charge < -0.3 is 34.5 Å². The van der Waals surface area contributed by atoms with Crippen LogP contribution in [-0.4, -0.2) is 110 Å². The molecule has 3 N–H and O–H groups in total. The van der Waals surface area contributed by atoms with Crippen LogP contribution in [0, 0.1) is 10.8 Å². The Hall–Kier alpha value is -6.29. The molecule has 4 aromatic rings. The molecule has 3 aliphatic carbocycles. The number of hydrogen-bond acceptors (Lipinski definition) is 12. The van der Waals surface area contributed by atoms with E-state index in [4.69, 9.17) is 9.47 Å². The first-order valence-electron chi connectivity index (χ1n) is 21.2. The third-order valence-corrected chi connectivity index (χ3v) is 13.0. The second-order valence-corrected chi connectivity index (χ2v) is 17.7. The Kier molecular flexibility index (Phi) is 11.3. The van der Waals surface area contributed by atoms with Crippen molar-refractivity contribution in [3.8, 4) is 22.6 Å². The Bertz CT molecular complexity index is 2520. The summed E-state index contributed by atoms with van der Waals surface area (Å²) in [7, 11) is 11.0. The number of methoxy groups -OCH3 is 2. The van der Waals surface area contributed by atoms with Crippen molar-refractivity contribution in [1.82, 2.24) is 30.0 Å². The largest absolute Gasteiger partial charge is 0.496 e. The average Bonchev–Trinajstić information content (AvgIpc) is 3.48. The first-order chi connectivity index (χ1) is 29.7. The van der Waals surface area contributed by atoms with Crippen LogP contribution in [0.5, 0.6) is 11.5 Å². The number of unbranched alkanes of at least 4 members (excludes halogenated alkanes) is 2. The third-order valence-electron chi connectivity index (χ3n) is 13.0. The van der Waals surface area contributed by atoms with Crippen LogP contribution >= 0.6 is 0 Å². The highest BCUT2D eigenvalue weighted by Crippen LogP contribution is 2.73. The van der Waals surface area contributed by atoms with E-state index in [2.05, 4.69) is 32.9 Å². The molecule has 0 spiro atoms. The fourth-order valence-electron chi connectivity index (χ4n) is 10.1. The van der Waals surface area contributed by atoms with Gasteiger partial charge in [0.2, 0.25) is 17.7 Å². The quantitative estimate of drug-likeness (QED) is 0.102. The minimum atomic E-state index is -1.01. The highest BCUT2D eigenvalue weighted by Gasteiger charge is 2.71. The van der Waals surface area contributed by atoms with E-state index in [1.165, 1.54) is 0 Å². The number of benzene rings is 2. The van der Waals surface area contributed by atoms with Crippen LogP contribution in [0.25, 0.3) is 21.9 Å². The lowest BCUT2D eigenvalue weighted by Gasteiger charge is -2.70. The topological polar surface area (TPSA) is 185 Å². The molecular formula is C46H54N8O8. The van der Waals surface area contributed by atoms with Crippen LogP contribution in [0.1, 0.15) is 77.6 Å². The summed E-state index contributed by atoms with van der Waals surface area (Å²) in [6.07, 6.45) is 8.68. The van der Waals surface area contributed by atoms with Gasteiger partial charge in [0.15, 0.2) is 0 Å². The number of ether oxygens (including phenoxy) is 2. The molecule has 1 unspecified atom stereocenters. The number of amides is 5. The van der Waals surface area contributed by atoms with Gasteiger partial charge in [-0.2, -0.15) is 0 Å². The summed E-state index contributed by atoms with van der Waals surface area (Å²) in [4.78, 5) is 86.5. The zero-order chi connectivity index (χ0) is 44.1. The maximum atomic E-state index is 13.4. The van der Waals surface area contributed by atoms with Gasteiger partial charge in [0.1, 0.15) is 23.4 Å². The lowest BCUT2D eigenvalue weighted by Crippen LogP contribution is -2.70. The first-order valence-corrected chi connectivity index (χ1v) is 21.2. The maximum absolute atomic E-state index is 13.4. The molecule has 9 rings (SSSR count). The van der Waals surface area contributed by atoms with Gasteiger partial charge in [0, 0.05) is 82.8 Å². The van der Waals surface area contributed by atoms with Crippen LogP contribution in [-0.2, 0) is 28.0 Å². The van der Waals surface area contributed by atoms with Crippen LogP contribution < -0.4 is 35.9 Å². The van der Waals surface area contributed by atoms with Crippen molar-refractivity contribution in [2.45, 2.75) is 64.0 Å². The molecule has 0 radical (unpaired) electrons. The summed E-state index contributed by atoms with van der Waals surface area (Å²) in [5.74, 6) is 0.132. The summed E-state index contributed by atoms with van der Waals surface area (Å²) < 4.78 is 13.5. The number of anilines is 2. The van der Waals surface area contributed by atoms with Crippen molar-refractivity contribution in [3.63, 3.8) is 0 Å². The number of imide groups is 2. The van der Waals surface area contributed by atoms with Crippen molar-refractivity contribution >= 4 is 51.8 Å². The van der Waals surface area contributed by atoms with Gasteiger partial charge in [0.25, 0.3) is 17.4 Å². The van der Waals surface area contributed by atoms with Gasteiger partial charge in [-0.05, 0) is 93.3 Å². The molecule has 4 heterocycles. The lowest BCUT2D eigenvalue weighted by atomic mass is 9.34. The number of piperidine rings is 1. The molecule has 62 heavy (non-hydrogen) atoms. The first kappa shape index (κ1) is 42.4. The number of rotatable bonds is 17. The molecule has 5 amide bonds. The van der Waals surface area contributed by atoms with Gasteiger partial charge in [-0.15, -0.1) is 0 Å². The van der Waals surface area contributed by atoms with Gasteiger partial charge in [0.05, 0.1) is 41.7 Å². The molecule has 2 aliphatic heterocycles. The van der Waals surface area contributed by atoms with E-state index >= 15 is 0 Å². The second kappa shape index (κ2) is 16.5. The van der Waals surface area contributed by atoms with Crippen LogP contribution in [0.3, 0.4) is 0 Å². The third kappa shape index (κ3) is 7.54. The molecule has 4 fully saturated rings. The number of nitrogens with one attached hydrogen (secondary N) is 3. The lowest BCUT2D eigenvalue weighted by molar-refractivity contribution is -0.213. The van der Waals surface area contributed by atoms with Gasteiger partial charge in [-0.3, -0.25) is 39.0 Å². The predicted molar refractivity (Wildman–Crippen MR) is 233 cm³/mol. The molecule has 5 aliphatic rings. The van der Waals surface area contributed by atoms with Crippen LogP contribution in [0.4, 0.5) is 11.5 Å². The number of aromatic nitrogens is 2. The molecule has 326 valence electrons. The summed E-state index contributed by atoms with van der Waals surface area (Å²) in [5.41, 5.74) is 3.37. The van der Waals surface area contributed by atoms with Gasteiger partial charge >= 0.3 is 0 Å². The number of nitrogens with zero attached hydrogens (tertiary/aromatic N) is 5. The molecule has 1 atom stereocenters. The molecule has 2 aromatic heterocycles. The number of carbonyl (C=O) groups excluding carboxylic acids is 5. The number of pyridine rings is 2. The molecular weight excluding hydrogens is 793 g/mol. The van der Waals surface area contributed by atoms with E-state index in [0.717, 1.165) is 77.9 Å². The summed E-state index contributed by atoms with van der Waals surface area (Å²) in [6.45, 7) is 2.58. The van der Waals surface area contributed by atoms with E-state index in [-0.39, 0.29) is 46.3 Å². The van der Waals surface area contributed by atoms with Crippen LogP contribution in [0.2, 0.25) is 0 Å². The number of aryl methyl sites for hydroxylation is 1. The van der Waals surface area contributed by atoms with Crippen LogP contribution in [0.15, 0.2) is 53.6 Å². The fraction of sp³-hybridized carbons (Fsp3) is 0.457. The molecule has 16 nitrogen and oxygen atoms in total. The van der Waals surface area contributed by atoms with E-state index in [9.17, 15) is 28.8 Å². The van der Waals surface area contributed by atoms with Crippen molar-refractivity contribution < 1.29 is 33.4 Å². The monoisotopic (exact) mass is 846 g/mol. The molecule has 2 aromatic carbocycles. The minimum absolute atomic E-state index is 0.0669. The molecule has 2 bridgehead atoms. The maximum Gasteiger partial charge on any atom is 0.264 e. The highest BCUT2D eigenvalue weighted by atomic mass is 16.5. The van der Waals surface area contributed by atoms with Crippen molar-refractivity contribution in [2.24, 2.45) is 17.9 Å². The Balaban J connectivity index is 0.802. The standard InChI is InChI=1S/C46H54N8O8/c1-51(2)37-19-29-30(20-49-37)41(57)53(4)22-31(29)27-17-35(61-5)32(36(18-27)62-6)21-52(3)26-45-23-46(24-45,25-45)44(60)48-16-9-7-8-15-47-33-12-10-11-28-39(33)43(59)54(42(28)58)34-13-14-38(55)50-40(34)56/h10-12,17-20,22,34,47H,7-9,13-16,21,23-26H2,1-6H3,(H,48,60)(H,50,55,56). The number of carbonyl (C=O) groups is 5. The fourth-order valence-corrected chi connectivity index (χ4v) is 10.1. The second-order valence-electron chi connectivity index (χ2n) is 17.7. The van der Waals surface area contributed by atoms with E-state index in [1.807, 2.05) is 43.4 Å². The van der Waals surface area contributed by atoms with Gasteiger partial charge in [-0.25, -0.2) is 4.98 Å². The predicted octanol–water partition coefficient (Wildman–Crippen LogP) is 4.09. The SMILES string of the molecule is COc1cc(-c2cn(C)c(=O)c3cnc(N(C)C)cc23)cc(OC)c1CN(C)CC12CC(C(=O)NCCCCCNc3cccc4c3C(=O)N(C3CCC(=O)NC3=O)C4=O)(C1)C2. The summed E-state index contributed by atoms with van der Waals surface area (Å²) >= 11 is 0. The summed E-state index contributed by atoms with van der Waals surface area (Å²) in [5, 5.41) is 10.0. The zero-order valence-corrected chi connectivity index (χ0v) is 36.2. The molecule has 1 saturated heterocycles. The van der Waals surface area contributed by atoms with E-state index in [0.29, 0.717) is 42.2 Å². The Morgan fingerprint density at radius 2 is 1.63 bits per heavy atom. The Morgan fingerprint density at radius 3 is 2.31 bits per heavy atom.